The first-order valence-corrected chi connectivity index (χ1v) is 9.36. The normalized spacial score (nSPS) is 16.1. The molecule has 0 atom stereocenters. The van der Waals surface area contributed by atoms with Crippen LogP contribution in [0.2, 0.25) is 0 Å². The number of amides is 1. The van der Waals surface area contributed by atoms with Crippen molar-refractivity contribution in [1.29, 1.82) is 0 Å². The van der Waals surface area contributed by atoms with E-state index in [0.29, 0.717) is 13.1 Å². The fraction of sp³-hybridized carbons (Fsp3) is 0.381. The minimum absolute atomic E-state index is 0.0301. The quantitative estimate of drug-likeness (QED) is 0.821. The maximum Gasteiger partial charge on any atom is 0.416 e. The Balaban J connectivity index is 1.39. The Bertz CT molecular complexity index is 772. The Morgan fingerprint density at radius 1 is 0.929 bits per heavy atom. The van der Waals surface area contributed by atoms with Gasteiger partial charge in [-0.15, -0.1) is 0 Å². The van der Waals surface area contributed by atoms with Crippen LogP contribution < -0.4 is 5.32 Å². The summed E-state index contributed by atoms with van der Waals surface area (Å²) in [5.74, 6) is -0.478. The predicted molar refractivity (Wildman–Crippen MR) is 102 cm³/mol. The van der Waals surface area contributed by atoms with E-state index in [9.17, 15) is 18.0 Å². The first kappa shape index (κ1) is 20.4. The zero-order chi connectivity index (χ0) is 20.0. The van der Waals surface area contributed by atoms with Gasteiger partial charge >= 0.3 is 6.18 Å². The first-order chi connectivity index (χ1) is 13.4. The number of nitrogens with one attached hydrogen (secondary N) is 1. The minimum Gasteiger partial charge on any atom is -0.351 e. The SMILES string of the molecule is O=C(NCCN1CCN(Cc2ccccc2)CC1)c1cccc(C(F)(F)F)c1. The van der Waals surface area contributed by atoms with E-state index < -0.39 is 17.6 Å². The molecule has 28 heavy (non-hydrogen) atoms. The second-order valence-electron chi connectivity index (χ2n) is 6.94. The van der Waals surface area contributed by atoms with Gasteiger partial charge in [0.15, 0.2) is 0 Å². The lowest BCUT2D eigenvalue weighted by Gasteiger charge is -2.34. The fourth-order valence-electron chi connectivity index (χ4n) is 3.28. The van der Waals surface area contributed by atoms with Crippen molar-refractivity contribution in [2.75, 3.05) is 39.3 Å². The number of carbonyl (C=O) groups excluding carboxylic acids is 1. The summed E-state index contributed by atoms with van der Waals surface area (Å²) in [5, 5.41) is 2.71. The van der Waals surface area contributed by atoms with E-state index in [4.69, 9.17) is 0 Å². The zero-order valence-corrected chi connectivity index (χ0v) is 15.6. The van der Waals surface area contributed by atoms with Crippen LogP contribution in [0.3, 0.4) is 0 Å². The van der Waals surface area contributed by atoms with E-state index in [1.165, 1.54) is 17.7 Å². The average Bonchev–Trinajstić information content (AvgIpc) is 2.69. The standard InChI is InChI=1S/C21H24F3N3O/c22-21(23,24)19-8-4-7-18(15-19)20(28)25-9-10-26-11-13-27(14-12-26)16-17-5-2-1-3-6-17/h1-8,15H,9-14,16H2,(H,25,28). The molecule has 0 saturated carbocycles. The molecule has 0 aliphatic carbocycles. The molecule has 3 rings (SSSR count). The van der Waals surface area contributed by atoms with E-state index in [1.54, 1.807) is 0 Å². The summed E-state index contributed by atoms with van der Waals surface area (Å²) in [6, 6.07) is 14.8. The molecular weight excluding hydrogens is 367 g/mol. The second-order valence-corrected chi connectivity index (χ2v) is 6.94. The van der Waals surface area contributed by atoms with Crippen LogP contribution in [0.25, 0.3) is 0 Å². The lowest BCUT2D eigenvalue weighted by atomic mass is 10.1. The van der Waals surface area contributed by atoms with Gasteiger partial charge in [-0.3, -0.25) is 14.6 Å². The van der Waals surface area contributed by atoms with Gasteiger partial charge in [-0.05, 0) is 23.8 Å². The predicted octanol–water partition coefficient (Wildman–Crippen LogP) is 3.25. The topological polar surface area (TPSA) is 35.6 Å². The lowest BCUT2D eigenvalue weighted by molar-refractivity contribution is -0.137. The van der Waals surface area contributed by atoms with Gasteiger partial charge in [0.1, 0.15) is 0 Å². The molecule has 0 radical (unpaired) electrons. The Morgan fingerprint density at radius 2 is 1.61 bits per heavy atom. The number of hydrogen-bond donors (Lipinski definition) is 1. The number of nitrogens with zero attached hydrogens (tertiary/aromatic N) is 2. The highest BCUT2D eigenvalue weighted by Gasteiger charge is 2.30. The van der Waals surface area contributed by atoms with Gasteiger partial charge in [0.25, 0.3) is 5.91 Å². The summed E-state index contributed by atoms with van der Waals surface area (Å²) in [6.07, 6.45) is -4.45. The molecule has 1 saturated heterocycles. The van der Waals surface area contributed by atoms with Gasteiger partial charge in [0.05, 0.1) is 5.56 Å². The van der Waals surface area contributed by atoms with Crippen LogP contribution in [0.15, 0.2) is 54.6 Å². The van der Waals surface area contributed by atoms with Gasteiger partial charge in [0.2, 0.25) is 0 Å². The summed E-state index contributed by atoms with van der Waals surface area (Å²) in [5.41, 5.74) is 0.515. The van der Waals surface area contributed by atoms with Crippen molar-refractivity contribution in [3.05, 3.63) is 71.3 Å². The van der Waals surface area contributed by atoms with Crippen molar-refractivity contribution >= 4 is 5.91 Å². The molecule has 1 aliphatic heterocycles. The van der Waals surface area contributed by atoms with Gasteiger partial charge in [0, 0.05) is 51.4 Å². The number of rotatable bonds is 6. The average molecular weight is 391 g/mol. The molecule has 0 bridgehead atoms. The Kier molecular flexibility index (Phi) is 6.70. The third-order valence-electron chi connectivity index (χ3n) is 4.88. The molecule has 2 aromatic rings. The maximum absolute atomic E-state index is 12.8. The van der Waals surface area contributed by atoms with E-state index >= 15 is 0 Å². The summed E-state index contributed by atoms with van der Waals surface area (Å²) in [6.45, 7) is 5.75. The molecule has 2 aromatic carbocycles. The van der Waals surface area contributed by atoms with Crippen LogP contribution in [0.4, 0.5) is 13.2 Å². The Hall–Kier alpha value is -2.38. The molecule has 7 heteroatoms. The molecule has 4 nitrogen and oxygen atoms in total. The monoisotopic (exact) mass is 391 g/mol. The minimum atomic E-state index is -4.45. The molecule has 1 aliphatic rings. The number of hydrogen-bond acceptors (Lipinski definition) is 3. The van der Waals surface area contributed by atoms with Crippen molar-refractivity contribution in [1.82, 2.24) is 15.1 Å². The van der Waals surface area contributed by atoms with Crippen molar-refractivity contribution in [2.24, 2.45) is 0 Å². The lowest BCUT2D eigenvalue weighted by Crippen LogP contribution is -2.48. The van der Waals surface area contributed by atoms with Crippen molar-refractivity contribution in [3.8, 4) is 0 Å². The zero-order valence-electron chi connectivity index (χ0n) is 15.6. The number of halogens is 3. The summed E-state index contributed by atoms with van der Waals surface area (Å²) < 4.78 is 38.3. The Labute approximate surface area is 162 Å². The van der Waals surface area contributed by atoms with Crippen LogP contribution >= 0.6 is 0 Å². The summed E-state index contributed by atoms with van der Waals surface area (Å²) in [7, 11) is 0. The van der Waals surface area contributed by atoms with Crippen molar-refractivity contribution < 1.29 is 18.0 Å². The van der Waals surface area contributed by atoms with E-state index in [1.807, 2.05) is 18.2 Å². The highest BCUT2D eigenvalue weighted by atomic mass is 19.4. The smallest absolute Gasteiger partial charge is 0.351 e. The molecule has 150 valence electrons. The number of carbonyl (C=O) groups is 1. The third kappa shape index (κ3) is 5.81. The molecule has 0 unspecified atom stereocenters. The van der Waals surface area contributed by atoms with Gasteiger partial charge in [-0.2, -0.15) is 13.2 Å². The molecule has 1 amide bonds. The van der Waals surface area contributed by atoms with Crippen LogP contribution in [-0.2, 0) is 12.7 Å². The Morgan fingerprint density at radius 3 is 2.29 bits per heavy atom. The van der Waals surface area contributed by atoms with Gasteiger partial charge < -0.3 is 5.32 Å². The molecule has 1 N–H and O–H groups in total. The fourth-order valence-corrected chi connectivity index (χ4v) is 3.28. The highest BCUT2D eigenvalue weighted by Crippen LogP contribution is 2.29. The van der Waals surface area contributed by atoms with Crippen LogP contribution in [0.5, 0.6) is 0 Å². The molecule has 1 heterocycles. The van der Waals surface area contributed by atoms with E-state index in [2.05, 4.69) is 27.2 Å². The van der Waals surface area contributed by atoms with Crippen LogP contribution in [0, 0.1) is 0 Å². The first-order valence-electron chi connectivity index (χ1n) is 9.36. The van der Waals surface area contributed by atoms with Gasteiger partial charge in [-0.1, -0.05) is 36.4 Å². The van der Waals surface area contributed by atoms with E-state index in [-0.39, 0.29) is 5.56 Å². The highest BCUT2D eigenvalue weighted by molar-refractivity contribution is 5.94. The van der Waals surface area contributed by atoms with Crippen LogP contribution in [0.1, 0.15) is 21.5 Å². The van der Waals surface area contributed by atoms with Crippen LogP contribution in [-0.4, -0.2) is 55.0 Å². The maximum atomic E-state index is 12.8. The number of alkyl halides is 3. The third-order valence-corrected chi connectivity index (χ3v) is 4.88. The molecule has 0 aromatic heterocycles. The van der Waals surface area contributed by atoms with Crippen molar-refractivity contribution in [3.63, 3.8) is 0 Å². The summed E-state index contributed by atoms with van der Waals surface area (Å²) in [4.78, 5) is 16.8. The second kappa shape index (κ2) is 9.21. The summed E-state index contributed by atoms with van der Waals surface area (Å²) >= 11 is 0. The van der Waals surface area contributed by atoms with E-state index in [0.717, 1.165) is 44.9 Å². The molecular formula is C21H24F3N3O. The van der Waals surface area contributed by atoms with Gasteiger partial charge in [-0.25, -0.2) is 0 Å². The number of benzene rings is 2. The van der Waals surface area contributed by atoms with Crippen molar-refractivity contribution in [2.45, 2.75) is 12.7 Å². The largest absolute Gasteiger partial charge is 0.416 e. The number of piperazine rings is 1. The molecule has 1 fully saturated rings. The molecule has 0 spiro atoms.